The van der Waals surface area contributed by atoms with Crippen molar-refractivity contribution >= 4 is 11.3 Å². The van der Waals surface area contributed by atoms with E-state index >= 15 is 0 Å². The third kappa shape index (κ3) is 3.26. The summed E-state index contributed by atoms with van der Waals surface area (Å²) in [5.74, 6) is 0. The molecule has 0 bridgehead atoms. The Morgan fingerprint density at radius 1 is 1.40 bits per heavy atom. The fourth-order valence-corrected chi connectivity index (χ4v) is 2.51. The minimum absolute atomic E-state index is 0.000114. The van der Waals surface area contributed by atoms with Crippen molar-refractivity contribution in [3.05, 3.63) is 15.6 Å². The summed E-state index contributed by atoms with van der Waals surface area (Å²) < 4.78 is 5.02. The van der Waals surface area contributed by atoms with Crippen LogP contribution in [0.15, 0.2) is 0 Å². The van der Waals surface area contributed by atoms with Gasteiger partial charge in [-0.1, -0.05) is 20.8 Å². The van der Waals surface area contributed by atoms with E-state index in [1.165, 1.54) is 0 Å². The highest BCUT2D eigenvalue weighted by atomic mass is 32.1. The third-order valence-corrected chi connectivity index (χ3v) is 3.22. The first-order chi connectivity index (χ1) is 6.99. The van der Waals surface area contributed by atoms with Gasteiger partial charge in [0.25, 0.3) is 0 Å². The van der Waals surface area contributed by atoms with Crippen molar-refractivity contribution < 1.29 is 9.84 Å². The Bertz CT molecular complexity index is 315. The number of hydrogen-bond acceptors (Lipinski definition) is 4. The van der Waals surface area contributed by atoms with Crippen molar-refractivity contribution in [2.45, 2.75) is 39.2 Å². The van der Waals surface area contributed by atoms with Crippen LogP contribution in [-0.4, -0.2) is 23.8 Å². The van der Waals surface area contributed by atoms with Crippen LogP contribution in [0, 0.1) is 0 Å². The first-order valence-electron chi connectivity index (χ1n) is 5.08. The second-order valence-corrected chi connectivity index (χ2v) is 5.70. The molecule has 0 atom stereocenters. The van der Waals surface area contributed by atoms with Crippen LogP contribution in [0.1, 0.15) is 36.3 Å². The Kier molecular flexibility index (Phi) is 4.25. The lowest BCUT2D eigenvalue weighted by Crippen LogP contribution is -2.14. The summed E-state index contributed by atoms with van der Waals surface area (Å²) in [4.78, 5) is 5.55. The monoisotopic (exact) mass is 229 g/mol. The Hall–Kier alpha value is -0.450. The van der Waals surface area contributed by atoms with Gasteiger partial charge >= 0.3 is 0 Å². The number of thiazole rings is 1. The highest BCUT2D eigenvalue weighted by molar-refractivity contribution is 7.11. The summed E-state index contributed by atoms with van der Waals surface area (Å²) in [6, 6.07) is 0. The molecule has 0 unspecified atom stereocenters. The molecule has 1 N–H and O–H groups in total. The fourth-order valence-electron chi connectivity index (χ4n) is 1.39. The van der Waals surface area contributed by atoms with Gasteiger partial charge in [0.05, 0.1) is 28.8 Å². The highest BCUT2D eigenvalue weighted by Gasteiger charge is 2.22. The van der Waals surface area contributed by atoms with Gasteiger partial charge in [-0.05, 0) is 0 Å². The van der Waals surface area contributed by atoms with Crippen LogP contribution in [0.2, 0.25) is 0 Å². The predicted molar refractivity (Wildman–Crippen MR) is 62.3 cm³/mol. The number of methoxy groups -OCH3 is 1. The molecule has 0 aliphatic carbocycles. The van der Waals surface area contributed by atoms with Crippen LogP contribution in [0.25, 0.3) is 0 Å². The summed E-state index contributed by atoms with van der Waals surface area (Å²) >= 11 is 1.59. The molecule has 1 aromatic heterocycles. The van der Waals surface area contributed by atoms with Crippen LogP contribution >= 0.6 is 11.3 Å². The largest absolute Gasteiger partial charge is 0.391 e. The minimum Gasteiger partial charge on any atom is -0.391 e. The van der Waals surface area contributed by atoms with Crippen molar-refractivity contribution in [3.63, 3.8) is 0 Å². The Morgan fingerprint density at radius 2 is 2.07 bits per heavy atom. The molecule has 1 aromatic rings. The lowest BCUT2D eigenvalue weighted by molar-refractivity contribution is 0.202. The molecular formula is C11H19NO2S. The number of aromatic nitrogens is 1. The molecule has 4 heteroatoms. The second-order valence-electron chi connectivity index (χ2n) is 4.53. The average Bonchev–Trinajstić information content (AvgIpc) is 2.57. The van der Waals surface area contributed by atoms with E-state index in [1.807, 2.05) is 0 Å². The van der Waals surface area contributed by atoms with Crippen molar-refractivity contribution in [2.24, 2.45) is 0 Å². The number of aliphatic hydroxyl groups excluding tert-OH is 1. The van der Waals surface area contributed by atoms with Crippen molar-refractivity contribution in [1.82, 2.24) is 4.98 Å². The Morgan fingerprint density at radius 3 is 2.47 bits per heavy atom. The van der Waals surface area contributed by atoms with Gasteiger partial charge in [-0.25, -0.2) is 4.98 Å². The Balaban J connectivity index is 2.90. The summed E-state index contributed by atoms with van der Waals surface area (Å²) in [6.45, 7) is 7.10. The standard InChI is InChI=1S/C11H19NO2S/c1-11(2,3)10-8(7-13)15-9(12-10)5-6-14-4/h13H,5-7H2,1-4H3. The Labute approximate surface area is 95.1 Å². The molecular weight excluding hydrogens is 210 g/mol. The maximum atomic E-state index is 9.26. The summed E-state index contributed by atoms with van der Waals surface area (Å²) in [5, 5.41) is 10.3. The number of hydrogen-bond donors (Lipinski definition) is 1. The predicted octanol–water partition coefficient (Wildman–Crippen LogP) is 2.12. The van der Waals surface area contributed by atoms with E-state index < -0.39 is 0 Å². The van der Waals surface area contributed by atoms with Gasteiger partial charge in [-0.15, -0.1) is 11.3 Å². The molecule has 15 heavy (non-hydrogen) atoms. The van der Waals surface area contributed by atoms with E-state index in [-0.39, 0.29) is 12.0 Å². The third-order valence-electron chi connectivity index (χ3n) is 2.12. The van der Waals surface area contributed by atoms with Crippen molar-refractivity contribution in [1.29, 1.82) is 0 Å². The van der Waals surface area contributed by atoms with Crippen LogP contribution in [-0.2, 0) is 23.2 Å². The van der Waals surface area contributed by atoms with E-state index in [0.29, 0.717) is 6.61 Å². The number of aliphatic hydroxyl groups is 1. The van der Waals surface area contributed by atoms with E-state index in [0.717, 1.165) is 22.0 Å². The number of ether oxygens (including phenoxy) is 1. The SMILES string of the molecule is COCCc1nc(C(C)(C)C)c(CO)s1. The van der Waals surface area contributed by atoms with E-state index in [4.69, 9.17) is 4.74 Å². The lowest BCUT2D eigenvalue weighted by atomic mass is 9.91. The summed E-state index contributed by atoms with van der Waals surface area (Å²) in [7, 11) is 1.69. The van der Waals surface area contributed by atoms with Crippen LogP contribution < -0.4 is 0 Å². The zero-order valence-electron chi connectivity index (χ0n) is 9.83. The second kappa shape index (κ2) is 5.05. The first-order valence-corrected chi connectivity index (χ1v) is 5.89. The van der Waals surface area contributed by atoms with E-state index in [2.05, 4.69) is 25.8 Å². The normalized spacial score (nSPS) is 12.1. The number of rotatable bonds is 4. The van der Waals surface area contributed by atoms with Gasteiger partial charge in [-0.3, -0.25) is 0 Å². The molecule has 0 fully saturated rings. The van der Waals surface area contributed by atoms with Gasteiger partial charge in [-0.2, -0.15) is 0 Å². The molecule has 0 aromatic carbocycles. The fraction of sp³-hybridized carbons (Fsp3) is 0.727. The topological polar surface area (TPSA) is 42.4 Å². The molecule has 86 valence electrons. The van der Waals surface area contributed by atoms with Gasteiger partial charge < -0.3 is 9.84 Å². The molecule has 3 nitrogen and oxygen atoms in total. The van der Waals surface area contributed by atoms with Crippen LogP contribution in [0.5, 0.6) is 0 Å². The minimum atomic E-state index is -0.000114. The zero-order chi connectivity index (χ0) is 11.5. The van der Waals surface area contributed by atoms with Crippen LogP contribution in [0.3, 0.4) is 0 Å². The maximum Gasteiger partial charge on any atom is 0.0955 e. The van der Waals surface area contributed by atoms with Gasteiger partial charge in [0.15, 0.2) is 0 Å². The van der Waals surface area contributed by atoms with E-state index in [1.54, 1.807) is 18.4 Å². The van der Waals surface area contributed by atoms with E-state index in [9.17, 15) is 5.11 Å². The molecule has 0 spiro atoms. The van der Waals surface area contributed by atoms with Gasteiger partial charge in [0.1, 0.15) is 0 Å². The first kappa shape index (κ1) is 12.6. The maximum absolute atomic E-state index is 9.26. The zero-order valence-corrected chi connectivity index (χ0v) is 10.6. The summed E-state index contributed by atoms with van der Waals surface area (Å²) in [6.07, 6.45) is 0.824. The molecule has 0 aliphatic heterocycles. The highest BCUT2D eigenvalue weighted by Crippen LogP contribution is 2.29. The lowest BCUT2D eigenvalue weighted by Gasteiger charge is -2.16. The van der Waals surface area contributed by atoms with Gasteiger partial charge in [0.2, 0.25) is 0 Å². The smallest absolute Gasteiger partial charge is 0.0955 e. The van der Waals surface area contributed by atoms with Crippen LogP contribution in [0.4, 0.5) is 0 Å². The van der Waals surface area contributed by atoms with Crippen molar-refractivity contribution in [2.75, 3.05) is 13.7 Å². The molecule has 0 amide bonds. The molecule has 0 saturated carbocycles. The summed E-state index contributed by atoms with van der Waals surface area (Å²) in [5.41, 5.74) is 1.01. The molecule has 0 radical (unpaired) electrons. The molecule has 1 heterocycles. The average molecular weight is 229 g/mol. The molecule has 0 saturated heterocycles. The van der Waals surface area contributed by atoms with Crippen molar-refractivity contribution in [3.8, 4) is 0 Å². The quantitative estimate of drug-likeness (QED) is 0.860. The molecule has 0 aliphatic rings. The van der Waals surface area contributed by atoms with Gasteiger partial charge in [0, 0.05) is 18.9 Å². The molecule has 1 rings (SSSR count). The number of nitrogens with zero attached hydrogens (tertiary/aromatic N) is 1.